The van der Waals surface area contributed by atoms with Gasteiger partial charge in [0, 0.05) is 18.8 Å². The zero-order chi connectivity index (χ0) is 11.8. The number of hydrogen-bond donors (Lipinski definition) is 0. The van der Waals surface area contributed by atoms with Crippen molar-refractivity contribution in [3.63, 3.8) is 0 Å². The van der Waals surface area contributed by atoms with Crippen molar-refractivity contribution in [2.75, 3.05) is 31.7 Å². The van der Waals surface area contributed by atoms with E-state index < -0.39 is 0 Å². The molecule has 1 aliphatic rings. The highest BCUT2D eigenvalue weighted by Gasteiger charge is 2.19. The Morgan fingerprint density at radius 1 is 1.12 bits per heavy atom. The van der Waals surface area contributed by atoms with Gasteiger partial charge in [0.25, 0.3) is 0 Å². The fourth-order valence-electron chi connectivity index (χ4n) is 2.10. The summed E-state index contributed by atoms with van der Waals surface area (Å²) in [5.74, 6) is 0. The van der Waals surface area contributed by atoms with Gasteiger partial charge in [0.1, 0.15) is 0 Å². The van der Waals surface area contributed by atoms with Crippen molar-refractivity contribution >= 4 is 5.69 Å². The Morgan fingerprint density at radius 3 is 2.44 bits per heavy atom. The molecule has 0 amide bonds. The zero-order valence-electron chi connectivity index (χ0n) is 10.8. The van der Waals surface area contributed by atoms with Gasteiger partial charge in [0.15, 0.2) is 0 Å². The van der Waals surface area contributed by atoms with Crippen LogP contribution in [-0.4, -0.2) is 31.7 Å². The third-order valence-corrected chi connectivity index (χ3v) is 3.24. The van der Waals surface area contributed by atoms with E-state index in [0.717, 1.165) is 13.2 Å². The van der Waals surface area contributed by atoms with Gasteiger partial charge in [-0.3, -0.25) is 4.90 Å². The highest BCUT2D eigenvalue weighted by molar-refractivity contribution is 5.50. The molecule has 1 aromatic rings. The first-order chi connectivity index (χ1) is 7.47. The average molecular weight is 218 g/mol. The van der Waals surface area contributed by atoms with Crippen LogP contribution in [0.5, 0.6) is 0 Å². The lowest BCUT2D eigenvalue weighted by atomic mass is 9.87. The molecule has 2 heteroatoms. The third kappa shape index (κ3) is 2.38. The molecule has 16 heavy (non-hydrogen) atoms. The number of nitrogens with zero attached hydrogens (tertiary/aromatic N) is 2. The minimum Gasteiger partial charge on any atom is -0.357 e. The molecule has 0 radical (unpaired) electrons. The van der Waals surface area contributed by atoms with Gasteiger partial charge < -0.3 is 4.90 Å². The van der Waals surface area contributed by atoms with Gasteiger partial charge in [-0.2, -0.15) is 0 Å². The van der Waals surface area contributed by atoms with E-state index in [9.17, 15) is 0 Å². The van der Waals surface area contributed by atoms with Crippen LogP contribution in [0.3, 0.4) is 0 Å². The van der Waals surface area contributed by atoms with Gasteiger partial charge >= 0.3 is 0 Å². The normalized spacial score (nSPS) is 18.1. The summed E-state index contributed by atoms with van der Waals surface area (Å²) in [5.41, 5.74) is 3.01. The third-order valence-electron chi connectivity index (χ3n) is 3.24. The monoisotopic (exact) mass is 218 g/mol. The SMILES string of the molecule is CN1CCN(c2cccc(C(C)(C)C)c2)C1. The molecular weight excluding hydrogens is 196 g/mol. The molecule has 0 atom stereocenters. The van der Waals surface area contributed by atoms with Crippen LogP contribution in [0.15, 0.2) is 24.3 Å². The Balaban J connectivity index is 2.23. The predicted octanol–water partition coefficient (Wildman–Crippen LogP) is 2.69. The smallest absolute Gasteiger partial charge is 0.0705 e. The molecule has 0 N–H and O–H groups in total. The standard InChI is InChI=1S/C14H22N2/c1-14(2,3)12-6-5-7-13(10-12)16-9-8-15(4)11-16/h5-7,10H,8-9,11H2,1-4H3. The van der Waals surface area contributed by atoms with Crippen molar-refractivity contribution in [2.24, 2.45) is 0 Å². The largest absolute Gasteiger partial charge is 0.357 e. The maximum atomic E-state index is 2.44. The minimum absolute atomic E-state index is 0.238. The summed E-state index contributed by atoms with van der Waals surface area (Å²) in [7, 11) is 2.17. The van der Waals surface area contributed by atoms with Crippen LogP contribution >= 0.6 is 0 Å². The van der Waals surface area contributed by atoms with Crippen LogP contribution in [-0.2, 0) is 5.41 Å². The quantitative estimate of drug-likeness (QED) is 0.715. The Labute approximate surface area is 98.9 Å². The molecule has 0 unspecified atom stereocenters. The van der Waals surface area contributed by atoms with Gasteiger partial charge in [-0.25, -0.2) is 0 Å². The van der Waals surface area contributed by atoms with Crippen molar-refractivity contribution in [2.45, 2.75) is 26.2 Å². The number of hydrogen-bond acceptors (Lipinski definition) is 2. The van der Waals surface area contributed by atoms with E-state index in [0.29, 0.717) is 0 Å². The van der Waals surface area contributed by atoms with E-state index in [1.54, 1.807) is 0 Å². The van der Waals surface area contributed by atoms with Gasteiger partial charge in [-0.05, 0) is 30.2 Å². The number of benzene rings is 1. The lowest BCUT2D eigenvalue weighted by Crippen LogP contribution is -2.23. The number of rotatable bonds is 1. The lowest BCUT2D eigenvalue weighted by molar-refractivity contribution is 0.421. The van der Waals surface area contributed by atoms with Crippen LogP contribution in [0.2, 0.25) is 0 Å². The highest BCUT2D eigenvalue weighted by Crippen LogP contribution is 2.27. The molecule has 1 aromatic carbocycles. The van der Waals surface area contributed by atoms with Crippen LogP contribution in [0, 0.1) is 0 Å². The van der Waals surface area contributed by atoms with Crippen molar-refractivity contribution in [3.8, 4) is 0 Å². The molecule has 1 heterocycles. The predicted molar refractivity (Wildman–Crippen MR) is 70.0 cm³/mol. The lowest BCUT2D eigenvalue weighted by Gasteiger charge is -2.23. The summed E-state index contributed by atoms with van der Waals surface area (Å²) in [6.45, 7) is 10.2. The minimum atomic E-state index is 0.238. The highest BCUT2D eigenvalue weighted by atomic mass is 15.4. The van der Waals surface area contributed by atoms with Crippen LogP contribution in [0.1, 0.15) is 26.3 Å². The average Bonchev–Trinajstić information content (AvgIpc) is 2.64. The molecule has 0 bridgehead atoms. The first-order valence-corrected chi connectivity index (χ1v) is 6.01. The van der Waals surface area contributed by atoms with Crippen molar-refractivity contribution in [1.82, 2.24) is 4.90 Å². The molecule has 0 spiro atoms. The van der Waals surface area contributed by atoms with E-state index in [-0.39, 0.29) is 5.41 Å². The topological polar surface area (TPSA) is 6.48 Å². The zero-order valence-corrected chi connectivity index (χ0v) is 10.8. The summed E-state index contributed by atoms with van der Waals surface area (Å²) in [4.78, 5) is 4.79. The molecule has 0 aromatic heterocycles. The molecule has 2 rings (SSSR count). The fraction of sp³-hybridized carbons (Fsp3) is 0.571. The second kappa shape index (κ2) is 4.10. The van der Waals surface area contributed by atoms with Crippen molar-refractivity contribution in [3.05, 3.63) is 29.8 Å². The van der Waals surface area contributed by atoms with E-state index in [1.807, 2.05) is 0 Å². The van der Waals surface area contributed by atoms with E-state index in [2.05, 4.69) is 61.9 Å². The molecule has 2 nitrogen and oxygen atoms in total. The first-order valence-electron chi connectivity index (χ1n) is 6.01. The Bertz CT molecular complexity index is 365. The molecule has 0 aliphatic carbocycles. The summed E-state index contributed by atoms with van der Waals surface area (Å²) in [6, 6.07) is 8.95. The summed E-state index contributed by atoms with van der Waals surface area (Å²) < 4.78 is 0. The number of likely N-dealkylation sites (N-methyl/N-ethyl adjacent to an activating group) is 1. The molecular formula is C14H22N2. The van der Waals surface area contributed by atoms with E-state index in [1.165, 1.54) is 17.8 Å². The Hall–Kier alpha value is -1.02. The van der Waals surface area contributed by atoms with E-state index >= 15 is 0 Å². The maximum Gasteiger partial charge on any atom is 0.0705 e. The molecule has 1 saturated heterocycles. The maximum absolute atomic E-state index is 2.44. The second-order valence-corrected chi connectivity index (χ2v) is 5.78. The second-order valence-electron chi connectivity index (χ2n) is 5.78. The molecule has 1 fully saturated rings. The molecule has 88 valence electrons. The summed E-state index contributed by atoms with van der Waals surface area (Å²) >= 11 is 0. The van der Waals surface area contributed by atoms with Gasteiger partial charge in [-0.1, -0.05) is 32.9 Å². The fourth-order valence-corrected chi connectivity index (χ4v) is 2.10. The molecule has 0 saturated carbocycles. The Morgan fingerprint density at radius 2 is 1.88 bits per heavy atom. The number of anilines is 1. The van der Waals surface area contributed by atoms with Crippen LogP contribution in [0.25, 0.3) is 0 Å². The Kier molecular flexibility index (Phi) is 2.94. The van der Waals surface area contributed by atoms with Crippen LogP contribution < -0.4 is 4.90 Å². The first kappa shape index (κ1) is 11.5. The van der Waals surface area contributed by atoms with Crippen molar-refractivity contribution in [1.29, 1.82) is 0 Å². The molecule has 1 aliphatic heterocycles. The van der Waals surface area contributed by atoms with Gasteiger partial charge in [0.05, 0.1) is 6.67 Å². The summed E-state index contributed by atoms with van der Waals surface area (Å²) in [6.07, 6.45) is 0. The van der Waals surface area contributed by atoms with Crippen LogP contribution in [0.4, 0.5) is 5.69 Å². The van der Waals surface area contributed by atoms with Gasteiger partial charge in [0.2, 0.25) is 0 Å². The summed E-state index contributed by atoms with van der Waals surface area (Å²) in [5, 5.41) is 0. The van der Waals surface area contributed by atoms with E-state index in [4.69, 9.17) is 0 Å². The van der Waals surface area contributed by atoms with Crippen molar-refractivity contribution < 1.29 is 0 Å². The van der Waals surface area contributed by atoms with Gasteiger partial charge in [-0.15, -0.1) is 0 Å².